The van der Waals surface area contributed by atoms with Crippen molar-refractivity contribution in [2.75, 3.05) is 4.90 Å². The number of hydrogen-bond acceptors (Lipinski definition) is 4. The number of carboxylic acids is 1. The molecule has 4 rings (SSSR count). The minimum absolute atomic E-state index is 0.0320. The van der Waals surface area contributed by atoms with Gasteiger partial charge in [-0.3, -0.25) is 19.8 Å². The normalized spacial score (nSPS) is 16.5. The highest BCUT2D eigenvalue weighted by Gasteiger charge is 2.34. The molecule has 1 aliphatic heterocycles. The molecule has 2 heterocycles. The molecule has 7 nitrogen and oxygen atoms in total. The number of benzene rings is 2. The van der Waals surface area contributed by atoms with Crippen molar-refractivity contribution < 1.29 is 19.5 Å². The first-order valence-corrected chi connectivity index (χ1v) is 10.4. The molecule has 2 amide bonds. The molecule has 8 heteroatoms. The van der Waals surface area contributed by atoms with Gasteiger partial charge in [-0.1, -0.05) is 12.1 Å². The molecule has 2 aromatic carbocycles. The van der Waals surface area contributed by atoms with Crippen molar-refractivity contribution in [2.24, 2.45) is 0 Å². The zero-order chi connectivity index (χ0) is 23.2. The summed E-state index contributed by atoms with van der Waals surface area (Å²) in [6.07, 6.45) is 3.23. The maximum absolute atomic E-state index is 13.2. The van der Waals surface area contributed by atoms with Gasteiger partial charge in [-0.15, -0.1) is 0 Å². The van der Waals surface area contributed by atoms with Crippen molar-refractivity contribution in [3.8, 4) is 0 Å². The molecule has 0 radical (unpaired) electrons. The monoisotopic (exact) mass is 447 g/mol. The lowest BCUT2D eigenvalue weighted by atomic mass is 10.0. The molecule has 1 atom stereocenters. The fraction of sp³-hybridized carbons (Fsp3) is 0.167. The Kier molecular flexibility index (Phi) is 5.40. The third-order valence-electron chi connectivity index (χ3n) is 5.40. The molecule has 162 valence electrons. The first-order valence-electron chi connectivity index (χ1n) is 9.99. The van der Waals surface area contributed by atoms with Crippen LogP contribution >= 0.6 is 12.2 Å². The second-order valence-corrected chi connectivity index (χ2v) is 8.25. The Morgan fingerprint density at radius 1 is 1.09 bits per heavy atom. The Bertz CT molecular complexity index is 1320. The van der Waals surface area contributed by atoms with Gasteiger partial charge in [0.1, 0.15) is 11.6 Å². The SMILES string of the molecule is Cc1cc(C)cc(N2C(=O)/C(=C/c3ccc4c(ccn4[C@@H](C)C(=O)O)c3)C(=O)NC2=S)c1. The summed E-state index contributed by atoms with van der Waals surface area (Å²) in [5.74, 6) is -1.99. The van der Waals surface area contributed by atoms with E-state index in [4.69, 9.17) is 12.2 Å². The van der Waals surface area contributed by atoms with Gasteiger partial charge in [0.15, 0.2) is 5.11 Å². The Labute approximate surface area is 189 Å². The number of nitrogens with one attached hydrogen (secondary N) is 1. The first-order chi connectivity index (χ1) is 15.2. The van der Waals surface area contributed by atoms with Crippen molar-refractivity contribution in [2.45, 2.75) is 26.8 Å². The van der Waals surface area contributed by atoms with Gasteiger partial charge in [0.25, 0.3) is 11.8 Å². The van der Waals surface area contributed by atoms with E-state index in [1.807, 2.05) is 38.1 Å². The third-order valence-corrected chi connectivity index (χ3v) is 5.68. The molecule has 1 fully saturated rings. The molecule has 2 N–H and O–H groups in total. The molecule has 1 saturated heterocycles. The number of anilines is 1. The Hall–Kier alpha value is -3.78. The molecule has 1 aliphatic rings. The van der Waals surface area contributed by atoms with Crippen LogP contribution in [0.1, 0.15) is 29.7 Å². The van der Waals surface area contributed by atoms with Gasteiger partial charge in [-0.25, -0.2) is 4.79 Å². The van der Waals surface area contributed by atoms with E-state index in [1.165, 1.54) is 11.0 Å². The van der Waals surface area contributed by atoms with E-state index in [9.17, 15) is 19.5 Å². The van der Waals surface area contributed by atoms with Crippen LogP contribution in [0.5, 0.6) is 0 Å². The number of hydrogen-bond donors (Lipinski definition) is 2. The van der Waals surface area contributed by atoms with Crippen molar-refractivity contribution in [3.05, 3.63) is 70.9 Å². The zero-order valence-electron chi connectivity index (χ0n) is 17.7. The second-order valence-electron chi connectivity index (χ2n) is 7.86. The van der Waals surface area contributed by atoms with Gasteiger partial charge in [-0.05, 0) is 86.1 Å². The number of carbonyl (C=O) groups is 3. The number of fused-ring (bicyclic) bond motifs is 1. The number of carboxylic acid groups (broad SMARTS) is 1. The maximum Gasteiger partial charge on any atom is 0.326 e. The smallest absolute Gasteiger partial charge is 0.326 e. The largest absolute Gasteiger partial charge is 0.480 e. The highest BCUT2D eigenvalue weighted by Crippen LogP contribution is 2.26. The standard InChI is InChI=1S/C24H21N3O4S/c1-13-8-14(2)10-18(9-13)27-22(29)19(21(28)25-24(27)32)12-16-4-5-20-17(11-16)6-7-26(20)15(3)23(30)31/h4-12,15H,1-3H3,(H,30,31)(H,25,28,32)/b19-12+/t15-/m0/s1. The van der Waals surface area contributed by atoms with E-state index in [0.717, 1.165) is 22.0 Å². The van der Waals surface area contributed by atoms with Crippen molar-refractivity contribution in [1.82, 2.24) is 9.88 Å². The molecule has 0 spiro atoms. The minimum Gasteiger partial charge on any atom is -0.480 e. The summed E-state index contributed by atoms with van der Waals surface area (Å²) >= 11 is 5.27. The minimum atomic E-state index is -0.930. The predicted molar refractivity (Wildman–Crippen MR) is 126 cm³/mol. The van der Waals surface area contributed by atoms with Crippen molar-refractivity contribution in [3.63, 3.8) is 0 Å². The van der Waals surface area contributed by atoms with Crippen LogP contribution < -0.4 is 10.2 Å². The number of rotatable bonds is 4. The third kappa shape index (κ3) is 3.80. The molecule has 0 aliphatic carbocycles. The summed E-state index contributed by atoms with van der Waals surface area (Å²) in [5.41, 5.74) is 3.91. The molecule has 32 heavy (non-hydrogen) atoms. The molecule has 3 aromatic rings. The van der Waals surface area contributed by atoms with E-state index >= 15 is 0 Å². The Morgan fingerprint density at radius 3 is 2.44 bits per heavy atom. The number of aromatic nitrogens is 1. The van der Waals surface area contributed by atoms with Gasteiger partial charge >= 0.3 is 5.97 Å². The van der Waals surface area contributed by atoms with E-state index < -0.39 is 23.8 Å². The lowest BCUT2D eigenvalue weighted by molar-refractivity contribution is -0.140. The van der Waals surface area contributed by atoms with Crippen LogP contribution in [0, 0.1) is 13.8 Å². The zero-order valence-corrected chi connectivity index (χ0v) is 18.6. The average Bonchev–Trinajstić information content (AvgIpc) is 3.12. The number of thiocarbonyl (C=S) groups is 1. The molecular formula is C24H21N3O4S. The van der Waals surface area contributed by atoms with E-state index in [2.05, 4.69) is 5.32 Å². The van der Waals surface area contributed by atoms with Gasteiger partial charge in [0, 0.05) is 17.1 Å². The van der Waals surface area contributed by atoms with Gasteiger partial charge in [-0.2, -0.15) is 0 Å². The quantitative estimate of drug-likeness (QED) is 0.361. The van der Waals surface area contributed by atoms with Gasteiger partial charge in [0.2, 0.25) is 0 Å². The topological polar surface area (TPSA) is 91.6 Å². The fourth-order valence-electron chi connectivity index (χ4n) is 3.87. The molecule has 0 unspecified atom stereocenters. The lowest BCUT2D eigenvalue weighted by Crippen LogP contribution is -2.54. The first kappa shape index (κ1) is 21.5. The molecule has 1 aromatic heterocycles. The van der Waals surface area contributed by atoms with Crippen LogP contribution in [0.3, 0.4) is 0 Å². The summed E-state index contributed by atoms with van der Waals surface area (Å²) < 4.78 is 1.66. The van der Waals surface area contributed by atoms with Crippen molar-refractivity contribution >= 4 is 57.8 Å². The van der Waals surface area contributed by atoms with Gasteiger partial charge in [0.05, 0.1) is 5.69 Å². The van der Waals surface area contributed by atoms with Crippen LogP contribution in [0.25, 0.3) is 17.0 Å². The summed E-state index contributed by atoms with van der Waals surface area (Å²) in [4.78, 5) is 38.5. The summed E-state index contributed by atoms with van der Waals surface area (Å²) in [6, 6.07) is 12.1. The van der Waals surface area contributed by atoms with Crippen LogP contribution in [0.2, 0.25) is 0 Å². The maximum atomic E-state index is 13.2. The van der Waals surface area contributed by atoms with Crippen LogP contribution in [-0.4, -0.2) is 32.6 Å². The number of aliphatic carboxylic acids is 1. The van der Waals surface area contributed by atoms with Crippen molar-refractivity contribution in [1.29, 1.82) is 0 Å². The van der Waals surface area contributed by atoms with Crippen LogP contribution in [0.4, 0.5) is 5.69 Å². The number of carbonyl (C=O) groups excluding carboxylic acids is 2. The number of nitrogens with zero attached hydrogens (tertiary/aromatic N) is 2. The average molecular weight is 448 g/mol. The molecule has 0 bridgehead atoms. The molecular weight excluding hydrogens is 426 g/mol. The highest BCUT2D eigenvalue weighted by atomic mass is 32.1. The molecule has 0 saturated carbocycles. The second kappa shape index (κ2) is 8.05. The van der Waals surface area contributed by atoms with E-state index in [-0.39, 0.29) is 10.7 Å². The number of aryl methyl sites for hydroxylation is 2. The Morgan fingerprint density at radius 2 is 1.78 bits per heavy atom. The summed E-state index contributed by atoms with van der Waals surface area (Å²) in [7, 11) is 0. The summed E-state index contributed by atoms with van der Waals surface area (Å²) in [6.45, 7) is 5.46. The summed E-state index contributed by atoms with van der Waals surface area (Å²) in [5, 5.41) is 12.7. The number of amides is 2. The fourth-order valence-corrected chi connectivity index (χ4v) is 4.15. The lowest BCUT2D eigenvalue weighted by Gasteiger charge is -2.29. The van der Waals surface area contributed by atoms with Crippen LogP contribution in [-0.2, 0) is 14.4 Å². The van der Waals surface area contributed by atoms with E-state index in [0.29, 0.717) is 11.3 Å². The van der Waals surface area contributed by atoms with E-state index in [1.54, 1.807) is 35.9 Å². The predicted octanol–water partition coefficient (Wildman–Crippen LogP) is 3.74. The highest BCUT2D eigenvalue weighted by molar-refractivity contribution is 7.80. The van der Waals surface area contributed by atoms with Gasteiger partial charge < -0.3 is 9.67 Å². The van der Waals surface area contributed by atoms with Crippen LogP contribution in [0.15, 0.2) is 54.2 Å². The Balaban J connectivity index is 1.73.